The molecule has 0 aliphatic rings. The maximum Gasteiger partial charge on any atom is 0.0115 e. The number of likely N-dealkylation sites (N-methyl/N-ethyl adjacent to an activating group) is 1. The van der Waals surface area contributed by atoms with Crippen molar-refractivity contribution >= 4 is 0 Å². The molecule has 0 atom stereocenters. The van der Waals surface area contributed by atoms with Gasteiger partial charge in [-0.05, 0) is 61.1 Å². The second-order valence-corrected chi connectivity index (χ2v) is 9.82. The molecule has 0 aliphatic heterocycles. The van der Waals surface area contributed by atoms with Gasteiger partial charge in [-0.1, -0.05) is 65.2 Å². The normalized spacial score (nSPS) is 12.6. The Morgan fingerprint density at radius 1 is 0.483 bits per heavy atom. The molecule has 29 heavy (non-hydrogen) atoms. The lowest BCUT2D eigenvalue weighted by atomic mass is 10.1. The average molecular weight is 412 g/mol. The Hall–Kier alpha value is -0.120. The average Bonchev–Trinajstić information content (AvgIpc) is 2.65. The number of unbranched alkanes of at least 4 members (excludes halogenated alkanes) is 8. The molecule has 0 fully saturated rings. The van der Waals surface area contributed by atoms with E-state index in [1.807, 2.05) is 0 Å². The van der Waals surface area contributed by atoms with E-state index in [9.17, 15) is 0 Å². The standard InChI is InChI=1S/C26H57N3/c1-9-11-12-13-14-15-16-17-18-19-27(20-22-28(10-2)24(3)4)21-23-29(25(5)6)26(7)8/h24-26H,9-23H2,1-8H3. The summed E-state index contributed by atoms with van der Waals surface area (Å²) in [6.07, 6.45) is 12.7. The predicted octanol–water partition coefficient (Wildman–Crippen LogP) is 6.67. The Kier molecular flexibility index (Phi) is 18.6. The van der Waals surface area contributed by atoms with E-state index in [4.69, 9.17) is 0 Å². The molecule has 0 spiro atoms. The van der Waals surface area contributed by atoms with Crippen molar-refractivity contribution in [1.29, 1.82) is 0 Å². The van der Waals surface area contributed by atoms with Gasteiger partial charge in [-0.25, -0.2) is 0 Å². The Balaban J connectivity index is 4.33. The van der Waals surface area contributed by atoms with Gasteiger partial charge in [0.2, 0.25) is 0 Å². The van der Waals surface area contributed by atoms with Crippen molar-refractivity contribution in [3.63, 3.8) is 0 Å². The Bertz CT molecular complexity index is 333. The van der Waals surface area contributed by atoms with Gasteiger partial charge in [0.05, 0.1) is 0 Å². The molecule has 0 amide bonds. The van der Waals surface area contributed by atoms with Crippen LogP contribution in [0.4, 0.5) is 0 Å². The predicted molar refractivity (Wildman–Crippen MR) is 133 cm³/mol. The van der Waals surface area contributed by atoms with E-state index in [1.54, 1.807) is 0 Å². The molecule has 0 heterocycles. The molecule has 3 heteroatoms. The molecule has 0 bridgehead atoms. The van der Waals surface area contributed by atoms with Crippen LogP contribution in [-0.4, -0.2) is 72.1 Å². The Morgan fingerprint density at radius 2 is 0.966 bits per heavy atom. The fourth-order valence-corrected chi connectivity index (χ4v) is 4.40. The van der Waals surface area contributed by atoms with Crippen LogP contribution in [0.5, 0.6) is 0 Å². The first-order valence-corrected chi connectivity index (χ1v) is 13.1. The molecule has 0 N–H and O–H groups in total. The lowest BCUT2D eigenvalue weighted by Crippen LogP contribution is -2.45. The zero-order valence-corrected chi connectivity index (χ0v) is 21.7. The van der Waals surface area contributed by atoms with Gasteiger partial charge in [0, 0.05) is 44.3 Å². The minimum Gasteiger partial charge on any atom is -0.301 e. The summed E-state index contributed by atoms with van der Waals surface area (Å²) >= 11 is 0. The summed E-state index contributed by atoms with van der Waals surface area (Å²) in [7, 11) is 0. The molecule has 176 valence electrons. The summed E-state index contributed by atoms with van der Waals surface area (Å²) in [5.74, 6) is 0. The molecular formula is C26H57N3. The maximum absolute atomic E-state index is 2.74. The molecule has 0 aromatic heterocycles. The van der Waals surface area contributed by atoms with Crippen LogP contribution in [0.15, 0.2) is 0 Å². The zero-order valence-electron chi connectivity index (χ0n) is 21.7. The van der Waals surface area contributed by atoms with Crippen molar-refractivity contribution in [3.05, 3.63) is 0 Å². The van der Waals surface area contributed by atoms with Crippen LogP contribution in [0, 0.1) is 0 Å². The molecule has 3 nitrogen and oxygen atoms in total. The summed E-state index contributed by atoms with van der Waals surface area (Å²) in [5.41, 5.74) is 0. The van der Waals surface area contributed by atoms with Crippen LogP contribution in [0.3, 0.4) is 0 Å². The van der Waals surface area contributed by atoms with Crippen molar-refractivity contribution < 1.29 is 0 Å². The monoisotopic (exact) mass is 411 g/mol. The smallest absolute Gasteiger partial charge is 0.0115 e. The SMILES string of the molecule is CCCCCCCCCCCN(CCN(CC)C(C)C)CCN(C(C)C)C(C)C. The molecule has 0 aromatic rings. The lowest BCUT2D eigenvalue weighted by molar-refractivity contribution is 0.129. The molecule has 0 aromatic carbocycles. The van der Waals surface area contributed by atoms with Gasteiger partial charge in [-0.2, -0.15) is 0 Å². The second kappa shape index (κ2) is 18.6. The number of rotatable bonds is 20. The molecular weight excluding hydrogens is 354 g/mol. The van der Waals surface area contributed by atoms with Gasteiger partial charge in [-0.15, -0.1) is 0 Å². The summed E-state index contributed by atoms with van der Waals surface area (Å²) < 4.78 is 0. The van der Waals surface area contributed by atoms with Crippen molar-refractivity contribution in [2.75, 3.05) is 39.3 Å². The molecule has 0 aliphatic carbocycles. The highest BCUT2D eigenvalue weighted by molar-refractivity contribution is 4.72. The Labute approximate surface area is 185 Å². The van der Waals surface area contributed by atoms with Crippen LogP contribution < -0.4 is 0 Å². The topological polar surface area (TPSA) is 9.72 Å². The third-order valence-corrected chi connectivity index (χ3v) is 6.42. The quantitative estimate of drug-likeness (QED) is 0.207. The van der Waals surface area contributed by atoms with E-state index in [2.05, 4.69) is 70.1 Å². The third kappa shape index (κ3) is 15.3. The fraction of sp³-hybridized carbons (Fsp3) is 1.00. The van der Waals surface area contributed by atoms with Crippen LogP contribution in [0.2, 0.25) is 0 Å². The summed E-state index contributed by atoms with van der Waals surface area (Å²) in [6.45, 7) is 25.9. The Morgan fingerprint density at radius 3 is 1.41 bits per heavy atom. The van der Waals surface area contributed by atoms with E-state index in [0.717, 1.165) is 6.54 Å². The fourth-order valence-electron chi connectivity index (χ4n) is 4.40. The van der Waals surface area contributed by atoms with Gasteiger partial charge in [0.15, 0.2) is 0 Å². The largest absolute Gasteiger partial charge is 0.301 e. The number of hydrogen-bond acceptors (Lipinski definition) is 3. The summed E-state index contributed by atoms with van der Waals surface area (Å²) in [4.78, 5) is 7.99. The van der Waals surface area contributed by atoms with Crippen molar-refractivity contribution in [3.8, 4) is 0 Å². The van der Waals surface area contributed by atoms with Crippen molar-refractivity contribution in [2.24, 2.45) is 0 Å². The van der Waals surface area contributed by atoms with E-state index >= 15 is 0 Å². The first kappa shape index (κ1) is 28.9. The van der Waals surface area contributed by atoms with Gasteiger partial charge in [0.25, 0.3) is 0 Å². The first-order valence-electron chi connectivity index (χ1n) is 13.1. The summed E-state index contributed by atoms with van der Waals surface area (Å²) in [6, 6.07) is 1.91. The molecule has 0 rings (SSSR count). The molecule has 0 saturated heterocycles. The third-order valence-electron chi connectivity index (χ3n) is 6.42. The van der Waals surface area contributed by atoms with Crippen LogP contribution in [0.25, 0.3) is 0 Å². The lowest BCUT2D eigenvalue weighted by Gasteiger charge is -2.34. The van der Waals surface area contributed by atoms with E-state index in [1.165, 1.54) is 90.5 Å². The van der Waals surface area contributed by atoms with E-state index < -0.39 is 0 Å². The first-order chi connectivity index (χ1) is 13.8. The number of nitrogens with zero attached hydrogens (tertiary/aromatic N) is 3. The van der Waals surface area contributed by atoms with Gasteiger partial charge in [-0.3, -0.25) is 9.80 Å². The highest BCUT2D eigenvalue weighted by Gasteiger charge is 2.16. The van der Waals surface area contributed by atoms with Gasteiger partial charge in [0.1, 0.15) is 0 Å². The van der Waals surface area contributed by atoms with Gasteiger partial charge >= 0.3 is 0 Å². The summed E-state index contributed by atoms with van der Waals surface area (Å²) in [5, 5.41) is 0. The minimum atomic E-state index is 0.632. The van der Waals surface area contributed by atoms with Crippen LogP contribution in [-0.2, 0) is 0 Å². The molecule has 0 saturated carbocycles. The molecule has 0 radical (unpaired) electrons. The minimum absolute atomic E-state index is 0.632. The highest BCUT2D eigenvalue weighted by Crippen LogP contribution is 2.11. The van der Waals surface area contributed by atoms with Crippen LogP contribution >= 0.6 is 0 Å². The number of hydrogen-bond donors (Lipinski definition) is 0. The van der Waals surface area contributed by atoms with Crippen molar-refractivity contribution in [1.82, 2.24) is 14.7 Å². The second-order valence-electron chi connectivity index (χ2n) is 9.82. The van der Waals surface area contributed by atoms with Crippen molar-refractivity contribution in [2.45, 2.75) is 131 Å². The zero-order chi connectivity index (χ0) is 22.1. The van der Waals surface area contributed by atoms with E-state index in [-0.39, 0.29) is 0 Å². The van der Waals surface area contributed by atoms with Gasteiger partial charge < -0.3 is 4.90 Å². The molecule has 0 unspecified atom stereocenters. The van der Waals surface area contributed by atoms with Crippen LogP contribution in [0.1, 0.15) is 113 Å². The maximum atomic E-state index is 2.74. The van der Waals surface area contributed by atoms with E-state index in [0.29, 0.717) is 18.1 Å². The highest BCUT2D eigenvalue weighted by atomic mass is 15.2.